The molecule has 0 aliphatic rings. The molecule has 0 aliphatic heterocycles. The second kappa shape index (κ2) is 7.82. The number of carbonyl (C=O) groups excluding carboxylic acids is 2. The molecule has 2 atom stereocenters. The zero-order valence-electron chi connectivity index (χ0n) is 12.5. The monoisotopic (exact) mass is 318 g/mol. The number of methoxy groups -OCH3 is 1. The lowest BCUT2D eigenvalue weighted by molar-refractivity contribution is -0.154. The summed E-state index contributed by atoms with van der Waals surface area (Å²) in [4.78, 5) is 23.5. The predicted octanol–water partition coefficient (Wildman–Crippen LogP) is 3.14. The smallest absolute Gasteiger partial charge is 0.319 e. The molecule has 0 heterocycles. The van der Waals surface area contributed by atoms with Crippen LogP contribution in [0.25, 0.3) is 0 Å². The van der Waals surface area contributed by atoms with Crippen LogP contribution in [0.4, 0.5) is 13.2 Å². The van der Waals surface area contributed by atoms with E-state index in [0.717, 1.165) is 19.2 Å². The summed E-state index contributed by atoms with van der Waals surface area (Å²) >= 11 is 0. The molecular weight excluding hydrogens is 301 g/mol. The number of carbonyl (C=O) groups is 2. The van der Waals surface area contributed by atoms with Crippen molar-refractivity contribution in [2.75, 3.05) is 13.7 Å². The van der Waals surface area contributed by atoms with Gasteiger partial charge in [0, 0.05) is 12.0 Å². The highest BCUT2D eigenvalue weighted by Crippen LogP contribution is 2.34. The summed E-state index contributed by atoms with van der Waals surface area (Å²) in [5, 5.41) is 0. The molecule has 0 amide bonds. The van der Waals surface area contributed by atoms with Gasteiger partial charge in [-0.15, -0.1) is 0 Å². The molecule has 1 rings (SSSR count). The fourth-order valence-electron chi connectivity index (χ4n) is 1.96. The van der Waals surface area contributed by atoms with Gasteiger partial charge in [-0.05, 0) is 19.1 Å². The largest absolute Gasteiger partial charge is 0.494 e. The predicted molar refractivity (Wildman–Crippen MR) is 72.2 cm³/mol. The summed E-state index contributed by atoms with van der Waals surface area (Å²) in [7, 11) is 1.13. The number of hydrogen-bond acceptors (Lipinski definition) is 4. The molecule has 0 aromatic heterocycles. The van der Waals surface area contributed by atoms with Crippen molar-refractivity contribution in [1.29, 1.82) is 0 Å². The Balaban J connectivity index is 3.24. The second-order valence-electron chi connectivity index (χ2n) is 4.44. The normalized spacial score (nSPS) is 13.4. The van der Waals surface area contributed by atoms with Gasteiger partial charge in [-0.2, -0.15) is 4.39 Å². The molecule has 22 heavy (non-hydrogen) atoms. The number of esters is 1. The molecule has 0 bridgehead atoms. The van der Waals surface area contributed by atoms with Crippen LogP contribution in [-0.2, 0) is 14.3 Å². The van der Waals surface area contributed by atoms with Gasteiger partial charge < -0.3 is 9.47 Å². The van der Waals surface area contributed by atoms with Crippen molar-refractivity contribution in [3.05, 3.63) is 29.3 Å². The molecular formula is C15H17F3O4. The first-order valence-corrected chi connectivity index (χ1v) is 6.74. The van der Waals surface area contributed by atoms with Crippen LogP contribution in [0, 0.1) is 17.6 Å². The van der Waals surface area contributed by atoms with E-state index in [2.05, 4.69) is 9.47 Å². The van der Waals surface area contributed by atoms with E-state index >= 15 is 0 Å². The van der Waals surface area contributed by atoms with Crippen LogP contribution in [0.3, 0.4) is 0 Å². The van der Waals surface area contributed by atoms with Crippen molar-refractivity contribution >= 4 is 11.8 Å². The first kappa shape index (κ1) is 18.0. The Labute approximate surface area is 126 Å². The Morgan fingerprint density at radius 1 is 1.18 bits per heavy atom. The van der Waals surface area contributed by atoms with Gasteiger partial charge in [-0.25, -0.2) is 8.78 Å². The molecule has 0 fully saturated rings. The molecule has 0 aliphatic carbocycles. The number of benzene rings is 1. The van der Waals surface area contributed by atoms with E-state index in [1.54, 1.807) is 0 Å². The molecule has 4 nitrogen and oxygen atoms in total. The van der Waals surface area contributed by atoms with Gasteiger partial charge in [-0.1, -0.05) is 6.92 Å². The molecule has 1 aromatic rings. The lowest BCUT2D eigenvalue weighted by Crippen LogP contribution is -2.30. The van der Waals surface area contributed by atoms with E-state index < -0.39 is 46.8 Å². The van der Waals surface area contributed by atoms with Gasteiger partial charge in [0.05, 0.1) is 13.7 Å². The molecule has 0 N–H and O–H groups in total. The zero-order valence-corrected chi connectivity index (χ0v) is 12.5. The second-order valence-corrected chi connectivity index (χ2v) is 4.44. The summed E-state index contributed by atoms with van der Waals surface area (Å²) in [6, 6.07) is 1.97. The highest BCUT2D eigenvalue weighted by Gasteiger charge is 2.38. The molecule has 1 aromatic carbocycles. The van der Waals surface area contributed by atoms with E-state index in [9.17, 15) is 22.8 Å². The number of rotatable bonds is 7. The van der Waals surface area contributed by atoms with Crippen LogP contribution >= 0.6 is 0 Å². The summed E-state index contributed by atoms with van der Waals surface area (Å²) in [6.45, 7) is 2.87. The minimum Gasteiger partial charge on any atom is -0.494 e. The van der Waals surface area contributed by atoms with Crippen LogP contribution in [-0.4, -0.2) is 25.5 Å². The third-order valence-corrected chi connectivity index (χ3v) is 3.12. The van der Waals surface area contributed by atoms with E-state index in [-0.39, 0.29) is 13.0 Å². The van der Waals surface area contributed by atoms with Gasteiger partial charge in [-0.3, -0.25) is 9.59 Å². The van der Waals surface area contributed by atoms with Crippen molar-refractivity contribution in [2.24, 2.45) is 5.92 Å². The quantitative estimate of drug-likeness (QED) is 0.572. The van der Waals surface area contributed by atoms with E-state index in [4.69, 9.17) is 0 Å². The average Bonchev–Trinajstić information content (AvgIpc) is 2.50. The SMILES string of the molecule is CCOC(=O)C(C(=O)CC)C(F)c1ccc(OC)c(F)c1F. The number of alkyl halides is 1. The number of ether oxygens (including phenoxy) is 2. The third kappa shape index (κ3) is 3.58. The lowest BCUT2D eigenvalue weighted by Gasteiger charge is -2.19. The van der Waals surface area contributed by atoms with Gasteiger partial charge in [0.2, 0.25) is 5.82 Å². The van der Waals surface area contributed by atoms with Crippen molar-refractivity contribution in [1.82, 2.24) is 0 Å². The molecule has 0 saturated heterocycles. The lowest BCUT2D eigenvalue weighted by atomic mass is 9.91. The first-order chi connectivity index (χ1) is 10.4. The Morgan fingerprint density at radius 2 is 1.82 bits per heavy atom. The fraction of sp³-hybridized carbons (Fsp3) is 0.467. The van der Waals surface area contributed by atoms with Crippen LogP contribution < -0.4 is 4.74 Å². The van der Waals surface area contributed by atoms with Crippen LogP contribution in [0.15, 0.2) is 12.1 Å². The fourth-order valence-corrected chi connectivity index (χ4v) is 1.96. The van der Waals surface area contributed by atoms with Crippen LogP contribution in [0.5, 0.6) is 5.75 Å². The number of hydrogen-bond donors (Lipinski definition) is 0. The molecule has 0 saturated carbocycles. The van der Waals surface area contributed by atoms with Crippen molar-refractivity contribution in [3.63, 3.8) is 0 Å². The maximum absolute atomic E-state index is 14.5. The Morgan fingerprint density at radius 3 is 2.32 bits per heavy atom. The zero-order chi connectivity index (χ0) is 16.9. The van der Waals surface area contributed by atoms with Gasteiger partial charge in [0.25, 0.3) is 0 Å². The van der Waals surface area contributed by atoms with E-state index in [1.807, 2.05) is 0 Å². The van der Waals surface area contributed by atoms with Crippen molar-refractivity contribution < 1.29 is 32.2 Å². The van der Waals surface area contributed by atoms with Gasteiger partial charge in [0.1, 0.15) is 12.0 Å². The number of ketones is 1. The summed E-state index contributed by atoms with van der Waals surface area (Å²) in [5.74, 6) is -6.95. The Bertz CT molecular complexity index is 560. The van der Waals surface area contributed by atoms with Crippen LogP contribution in [0.2, 0.25) is 0 Å². The highest BCUT2D eigenvalue weighted by molar-refractivity contribution is 5.99. The molecule has 0 spiro atoms. The minimum atomic E-state index is -2.34. The van der Waals surface area contributed by atoms with E-state index in [1.165, 1.54) is 13.8 Å². The molecule has 122 valence electrons. The first-order valence-electron chi connectivity index (χ1n) is 6.74. The number of halogens is 3. The van der Waals surface area contributed by atoms with Gasteiger partial charge in [0.15, 0.2) is 17.5 Å². The average molecular weight is 318 g/mol. The minimum absolute atomic E-state index is 0.0570. The Kier molecular flexibility index (Phi) is 6.39. The van der Waals surface area contributed by atoms with Crippen molar-refractivity contribution in [3.8, 4) is 5.75 Å². The number of Topliss-reactive ketones (excluding diaryl/α,β-unsaturated/α-hetero) is 1. The molecule has 2 unspecified atom stereocenters. The summed E-state index contributed by atoms with van der Waals surface area (Å²) in [5.41, 5.74) is -0.724. The topological polar surface area (TPSA) is 52.6 Å². The molecule has 7 heteroatoms. The van der Waals surface area contributed by atoms with Gasteiger partial charge >= 0.3 is 5.97 Å². The van der Waals surface area contributed by atoms with Crippen molar-refractivity contribution in [2.45, 2.75) is 26.4 Å². The van der Waals surface area contributed by atoms with E-state index in [0.29, 0.717) is 0 Å². The maximum Gasteiger partial charge on any atom is 0.319 e. The third-order valence-electron chi connectivity index (χ3n) is 3.12. The summed E-state index contributed by atoms with van der Waals surface area (Å²) < 4.78 is 51.3. The molecule has 0 radical (unpaired) electrons. The maximum atomic E-state index is 14.5. The van der Waals surface area contributed by atoms with Crippen LogP contribution in [0.1, 0.15) is 32.0 Å². The summed E-state index contributed by atoms with van der Waals surface area (Å²) in [6.07, 6.45) is -2.48. The highest BCUT2D eigenvalue weighted by atomic mass is 19.2. The Hall–Kier alpha value is -2.05. The standard InChI is InChI=1S/C15H17F3O4/c1-4-9(19)11(15(20)22-5-2)12(16)8-6-7-10(21-3)14(18)13(8)17/h6-7,11-12H,4-5H2,1-3H3.